The van der Waals surface area contributed by atoms with Gasteiger partial charge in [0.2, 0.25) is 11.8 Å². The van der Waals surface area contributed by atoms with Crippen LogP contribution in [-0.4, -0.2) is 34.3 Å². The summed E-state index contributed by atoms with van der Waals surface area (Å²) in [6.45, 7) is 6.35. The van der Waals surface area contributed by atoms with Gasteiger partial charge in [0.05, 0.1) is 5.92 Å². The van der Waals surface area contributed by atoms with Gasteiger partial charge in [-0.3, -0.25) is 9.59 Å². The number of hydrogen-bond acceptors (Lipinski definition) is 3. The van der Waals surface area contributed by atoms with Crippen molar-refractivity contribution in [1.82, 2.24) is 9.88 Å². The lowest BCUT2D eigenvalue weighted by Crippen LogP contribution is -2.33. The van der Waals surface area contributed by atoms with Crippen molar-refractivity contribution in [3.63, 3.8) is 0 Å². The van der Waals surface area contributed by atoms with Crippen LogP contribution in [0.5, 0.6) is 0 Å². The molecule has 1 atom stereocenters. The van der Waals surface area contributed by atoms with Gasteiger partial charge in [0, 0.05) is 25.2 Å². The van der Waals surface area contributed by atoms with Gasteiger partial charge < -0.3 is 10.2 Å². The van der Waals surface area contributed by atoms with Crippen molar-refractivity contribution in [2.24, 2.45) is 5.92 Å². The van der Waals surface area contributed by atoms with Crippen LogP contribution < -0.4 is 5.32 Å². The predicted octanol–water partition coefficient (Wildman–Crippen LogP) is 1.59. The molecule has 0 aliphatic carbocycles. The summed E-state index contributed by atoms with van der Waals surface area (Å²) in [4.78, 5) is 29.7. The molecule has 1 N–H and O–H groups in total. The van der Waals surface area contributed by atoms with E-state index >= 15 is 0 Å². The van der Waals surface area contributed by atoms with Crippen LogP contribution >= 0.6 is 0 Å². The topological polar surface area (TPSA) is 62.3 Å². The Bertz CT molecular complexity index is 482. The van der Waals surface area contributed by atoms with Crippen molar-refractivity contribution in [2.45, 2.75) is 33.2 Å². The first-order valence-electron chi connectivity index (χ1n) is 6.50. The van der Waals surface area contributed by atoms with Gasteiger partial charge in [-0.15, -0.1) is 0 Å². The minimum Gasteiger partial charge on any atom is -0.339 e. The van der Waals surface area contributed by atoms with E-state index in [1.807, 2.05) is 26.8 Å². The van der Waals surface area contributed by atoms with E-state index in [1.165, 1.54) is 0 Å². The summed E-state index contributed by atoms with van der Waals surface area (Å²) in [5.74, 6) is 0.170. The summed E-state index contributed by atoms with van der Waals surface area (Å²) in [5.41, 5.74) is 1.04. The van der Waals surface area contributed by atoms with Gasteiger partial charge in [-0.25, -0.2) is 4.98 Å². The number of aromatic nitrogens is 1. The third-order valence-electron chi connectivity index (χ3n) is 3.32. The molecule has 2 amide bonds. The van der Waals surface area contributed by atoms with Crippen molar-refractivity contribution in [1.29, 1.82) is 0 Å². The molecule has 0 saturated carbocycles. The van der Waals surface area contributed by atoms with E-state index in [0.717, 1.165) is 5.56 Å². The first-order valence-corrected chi connectivity index (χ1v) is 6.50. The van der Waals surface area contributed by atoms with Crippen LogP contribution in [0.3, 0.4) is 0 Å². The summed E-state index contributed by atoms with van der Waals surface area (Å²) in [6.07, 6.45) is 1.99. The van der Waals surface area contributed by atoms with Crippen LogP contribution in [0.1, 0.15) is 25.8 Å². The summed E-state index contributed by atoms with van der Waals surface area (Å²) in [7, 11) is 0. The second kappa shape index (κ2) is 5.38. The number of rotatable bonds is 3. The molecule has 2 heterocycles. The smallest absolute Gasteiger partial charge is 0.230 e. The molecule has 5 heteroatoms. The number of carbonyl (C=O) groups excluding carboxylic acids is 2. The predicted molar refractivity (Wildman–Crippen MR) is 72.6 cm³/mol. The second-order valence-electron chi connectivity index (χ2n) is 5.25. The number of hydrogen-bond donors (Lipinski definition) is 1. The number of nitrogens with one attached hydrogen (secondary N) is 1. The highest BCUT2D eigenvalue weighted by Crippen LogP contribution is 2.21. The SMILES string of the molecule is Cc1ccc(NC(=O)[C@H]2CC(=O)N(C(C)C)C2)nc1. The fourth-order valence-corrected chi connectivity index (χ4v) is 2.18. The molecule has 1 aliphatic rings. The van der Waals surface area contributed by atoms with Crippen LogP contribution in [0, 0.1) is 12.8 Å². The van der Waals surface area contributed by atoms with E-state index in [-0.39, 0.29) is 30.2 Å². The first kappa shape index (κ1) is 13.5. The average molecular weight is 261 g/mol. The monoisotopic (exact) mass is 261 g/mol. The Balaban J connectivity index is 1.98. The standard InChI is InChI=1S/C14H19N3O2/c1-9(2)17-8-11(6-13(17)18)14(19)16-12-5-4-10(3)7-15-12/h4-5,7,9,11H,6,8H2,1-3H3,(H,15,16,19)/t11-/m0/s1. The lowest BCUT2D eigenvalue weighted by Gasteiger charge is -2.20. The van der Waals surface area contributed by atoms with E-state index in [9.17, 15) is 9.59 Å². The van der Waals surface area contributed by atoms with Gasteiger partial charge >= 0.3 is 0 Å². The Hall–Kier alpha value is -1.91. The van der Waals surface area contributed by atoms with E-state index in [0.29, 0.717) is 12.4 Å². The van der Waals surface area contributed by atoms with Crippen LogP contribution in [0.15, 0.2) is 18.3 Å². The molecule has 19 heavy (non-hydrogen) atoms. The van der Waals surface area contributed by atoms with Crippen molar-refractivity contribution in [2.75, 3.05) is 11.9 Å². The molecular formula is C14H19N3O2. The number of aryl methyl sites for hydroxylation is 1. The van der Waals surface area contributed by atoms with E-state index in [4.69, 9.17) is 0 Å². The van der Waals surface area contributed by atoms with Crippen LogP contribution in [0.25, 0.3) is 0 Å². The van der Waals surface area contributed by atoms with E-state index in [2.05, 4.69) is 10.3 Å². The lowest BCUT2D eigenvalue weighted by molar-refractivity contribution is -0.129. The highest BCUT2D eigenvalue weighted by atomic mass is 16.2. The highest BCUT2D eigenvalue weighted by molar-refractivity contribution is 5.96. The van der Waals surface area contributed by atoms with Crippen molar-refractivity contribution >= 4 is 17.6 Å². The molecule has 1 aliphatic heterocycles. The molecule has 0 unspecified atom stereocenters. The number of nitrogens with zero attached hydrogens (tertiary/aromatic N) is 2. The number of likely N-dealkylation sites (tertiary alicyclic amines) is 1. The maximum Gasteiger partial charge on any atom is 0.230 e. The summed E-state index contributed by atoms with van der Waals surface area (Å²) in [6, 6.07) is 3.80. The largest absolute Gasteiger partial charge is 0.339 e. The number of anilines is 1. The first-order chi connectivity index (χ1) is 8.97. The second-order valence-corrected chi connectivity index (χ2v) is 5.25. The molecule has 5 nitrogen and oxygen atoms in total. The maximum absolute atomic E-state index is 12.1. The van der Waals surface area contributed by atoms with Gasteiger partial charge in [-0.2, -0.15) is 0 Å². The Kier molecular flexibility index (Phi) is 3.83. The van der Waals surface area contributed by atoms with Crippen LogP contribution in [0.2, 0.25) is 0 Å². The van der Waals surface area contributed by atoms with Gasteiger partial charge in [-0.05, 0) is 32.4 Å². The molecule has 0 radical (unpaired) electrons. The normalized spacial score (nSPS) is 19.1. The van der Waals surface area contributed by atoms with Gasteiger partial charge in [-0.1, -0.05) is 6.07 Å². The number of pyridine rings is 1. The third-order valence-corrected chi connectivity index (χ3v) is 3.32. The summed E-state index contributed by atoms with van der Waals surface area (Å²) >= 11 is 0. The minimum absolute atomic E-state index is 0.0482. The zero-order chi connectivity index (χ0) is 14.0. The van der Waals surface area contributed by atoms with E-state index < -0.39 is 0 Å². The molecule has 1 aromatic rings. The fourth-order valence-electron chi connectivity index (χ4n) is 2.18. The van der Waals surface area contributed by atoms with Crippen molar-refractivity contribution in [3.8, 4) is 0 Å². The lowest BCUT2D eigenvalue weighted by atomic mass is 10.1. The Morgan fingerprint density at radius 2 is 2.21 bits per heavy atom. The Morgan fingerprint density at radius 3 is 2.74 bits per heavy atom. The molecule has 1 saturated heterocycles. The summed E-state index contributed by atoms with van der Waals surface area (Å²) < 4.78 is 0. The fraction of sp³-hybridized carbons (Fsp3) is 0.500. The maximum atomic E-state index is 12.1. The molecule has 1 aromatic heterocycles. The van der Waals surface area contributed by atoms with Gasteiger partial charge in [0.1, 0.15) is 5.82 Å². The molecule has 2 rings (SSSR count). The van der Waals surface area contributed by atoms with Crippen LogP contribution in [0.4, 0.5) is 5.82 Å². The number of amides is 2. The molecule has 0 aromatic carbocycles. The Morgan fingerprint density at radius 1 is 1.47 bits per heavy atom. The van der Waals surface area contributed by atoms with Gasteiger partial charge in [0.25, 0.3) is 0 Å². The summed E-state index contributed by atoms with van der Waals surface area (Å²) in [5, 5.41) is 2.76. The van der Waals surface area contributed by atoms with Crippen LogP contribution in [-0.2, 0) is 9.59 Å². The van der Waals surface area contributed by atoms with Crippen molar-refractivity contribution < 1.29 is 9.59 Å². The molecule has 0 spiro atoms. The molecular weight excluding hydrogens is 242 g/mol. The van der Waals surface area contributed by atoms with E-state index in [1.54, 1.807) is 17.2 Å². The number of carbonyl (C=O) groups is 2. The Labute approximate surface area is 113 Å². The third kappa shape index (κ3) is 3.10. The molecule has 0 bridgehead atoms. The van der Waals surface area contributed by atoms with Gasteiger partial charge in [0.15, 0.2) is 0 Å². The highest BCUT2D eigenvalue weighted by Gasteiger charge is 2.35. The molecule has 102 valence electrons. The zero-order valence-electron chi connectivity index (χ0n) is 11.5. The zero-order valence-corrected chi connectivity index (χ0v) is 11.5. The minimum atomic E-state index is -0.280. The quantitative estimate of drug-likeness (QED) is 0.898. The van der Waals surface area contributed by atoms with Crippen molar-refractivity contribution in [3.05, 3.63) is 23.9 Å². The molecule has 1 fully saturated rings. The average Bonchev–Trinajstić information content (AvgIpc) is 2.74.